The van der Waals surface area contributed by atoms with Crippen molar-refractivity contribution in [1.82, 2.24) is 9.55 Å². The highest BCUT2D eigenvalue weighted by molar-refractivity contribution is 7.80. The molecule has 23 heavy (non-hydrogen) atoms. The molecule has 0 unspecified atom stereocenters. The van der Waals surface area contributed by atoms with E-state index in [1.54, 1.807) is 48.5 Å². The lowest BCUT2D eigenvalue weighted by Gasteiger charge is -2.06. The molecule has 0 bridgehead atoms. The minimum absolute atomic E-state index is 0.0804. The Labute approximate surface area is 144 Å². The summed E-state index contributed by atoms with van der Waals surface area (Å²) in [6, 6.07) is 13.5. The highest BCUT2D eigenvalue weighted by Gasteiger charge is 2.19. The van der Waals surface area contributed by atoms with Crippen molar-refractivity contribution in [3.8, 4) is 0 Å². The summed E-state index contributed by atoms with van der Waals surface area (Å²) in [5.41, 5.74) is 0.911. The number of nitrogens with zero attached hydrogens (tertiary/aromatic N) is 2. The van der Waals surface area contributed by atoms with Gasteiger partial charge >= 0.3 is 0 Å². The molecular formula is C17H12N2O2S2. The van der Waals surface area contributed by atoms with Gasteiger partial charge in [-0.3, -0.25) is 14.2 Å². The molecule has 6 heteroatoms. The van der Waals surface area contributed by atoms with Gasteiger partial charge in [0.2, 0.25) is 5.78 Å². The molecule has 0 atom stereocenters. The van der Waals surface area contributed by atoms with Crippen molar-refractivity contribution >= 4 is 36.9 Å². The summed E-state index contributed by atoms with van der Waals surface area (Å²) in [4.78, 5) is 30.7. The smallest absolute Gasteiger partial charge is 0.263 e. The third-order valence-corrected chi connectivity index (χ3v) is 3.90. The lowest BCUT2D eigenvalue weighted by Crippen LogP contribution is -2.18. The molecule has 4 nitrogen and oxygen atoms in total. The van der Waals surface area contributed by atoms with Gasteiger partial charge in [-0.15, -0.1) is 25.3 Å². The number of aromatic nitrogens is 2. The van der Waals surface area contributed by atoms with E-state index < -0.39 is 0 Å². The van der Waals surface area contributed by atoms with E-state index in [2.05, 4.69) is 30.2 Å². The fourth-order valence-corrected chi connectivity index (χ4v) is 2.42. The second kappa shape index (κ2) is 6.44. The Balaban J connectivity index is 1.96. The summed E-state index contributed by atoms with van der Waals surface area (Å²) in [7, 11) is 0. The summed E-state index contributed by atoms with van der Waals surface area (Å²) >= 11 is 8.39. The number of carbonyl (C=O) groups excluding carboxylic acids is 2. The predicted octanol–water partition coefficient (Wildman–Crippen LogP) is 3.38. The molecule has 0 spiro atoms. The summed E-state index contributed by atoms with van der Waals surface area (Å²) in [5.74, 6) is -0.552. The Bertz CT molecular complexity index is 796. The van der Waals surface area contributed by atoms with Gasteiger partial charge in [-0.2, -0.15) is 0 Å². The van der Waals surface area contributed by atoms with Gasteiger partial charge in [0, 0.05) is 33.3 Å². The van der Waals surface area contributed by atoms with E-state index in [0.29, 0.717) is 11.1 Å². The molecule has 0 saturated carbocycles. The molecule has 1 aromatic heterocycles. The first-order valence-corrected chi connectivity index (χ1v) is 7.66. The van der Waals surface area contributed by atoms with Crippen molar-refractivity contribution < 1.29 is 9.59 Å². The first-order valence-electron chi connectivity index (χ1n) is 6.77. The Kier molecular flexibility index (Phi) is 4.36. The summed E-state index contributed by atoms with van der Waals surface area (Å²) in [6.07, 6.45) is 2.92. The summed E-state index contributed by atoms with van der Waals surface area (Å²) < 4.78 is 1.25. The molecule has 3 rings (SSSR count). The fraction of sp³-hybridized carbons (Fsp3) is 0. The molecule has 1 heterocycles. The molecule has 0 fully saturated rings. The number of rotatable bonds is 3. The van der Waals surface area contributed by atoms with Gasteiger partial charge in [-0.05, 0) is 48.5 Å². The van der Waals surface area contributed by atoms with Crippen molar-refractivity contribution in [2.45, 2.75) is 9.79 Å². The number of imidazole rings is 1. The van der Waals surface area contributed by atoms with E-state index >= 15 is 0 Å². The molecule has 2 aromatic carbocycles. The first kappa shape index (κ1) is 15.6. The zero-order valence-corrected chi connectivity index (χ0v) is 13.7. The molecule has 0 aliphatic heterocycles. The molecule has 114 valence electrons. The average Bonchev–Trinajstić information content (AvgIpc) is 3.04. The number of hydrogen-bond donors (Lipinski definition) is 2. The van der Waals surface area contributed by atoms with Gasteiger partial charge in [0.15, 0.2) is 5.82 Å². The largest absolute Gasteiger partial charge is 0.285 e. The SMILES string of the molecule is O=C(c1ccc(S)cc1)c1nccn1C(=O)c1ccc(S)cc1. The standard InChI is InChI=1S/C17H12N2O2S2/c20-15(11-1-5-13(22)6-2-11)16-18-9-10-19(16)17(21)12-3-7-14(23)8-4-12/h1-10,22-23H. The topological polar surface area (TPSA) is 52.0 Å². The van der Waals surface area contributed by atoms with Crippen LogP contribution in [0.15, 0.2) is 70.7 Å². The lowest BCUT2D eigenvalue weighted by atomic mass is 10.1. The lowest BCUT2D eigenvalue weighted by molar-refractivity contribution is 0.0931. The van der Waals surface area contributed by atoms with E-state index in [1.165, 1.54) is 17.0 Å². The van der Waals surface area contributed by atoms with E-state index in [4.69, 9.17) is 0 Å². The third-order valence-electron chi connectivity index (χ3n) is 3.31. The zero-order valence-electron chi connectivity index (χ0n) is 11.9. The van der Waals surface area contributed by atoms with Crippen LogP contribution in [0.3, 0.4) is 0 Å². The van der Waals surface area contributed by atoms with Crippen molar-refractivity contribution in [1.29, 1.82) is 0 Å². The van der Waals surface area contributed by atoms with E-state index in [-0.39, 0.29) is 17.5 Å². The van der Waals surface area contributed by atoms with Crippen molar-refractivity contribution in [3.05, 3.63) is 77.9 Å². The van der Waals surface area contributed by atoms with Gasteiger partial charge in [-0.1, -0.05) is 0 Å². The maximum atomic E-state index is 12.6. The van der Waals surface area contributed by atoms with Gasteiger partial charge in [0.1, 0.15) is 0 Å². The Hall–Kier alpha value is -2.31. The number of thiol groups is 2. The quantitative estimate of drug-likeness (QED) is 0.568. The van der Waals surface area contributed by atoms with Crippen molar-refractivity contribution in [2.24, 2.45) is 0 Å². The van der Waals surface area contributed by atoms with Crippen LogP contribution in [0, 0.1) is 0 Å². The minimum Gasteiger partial charge on any atom is -0.285 e. The molecule has 0 amide bonds. The highest BCUT2D eigenvalue weighted by atomic mass is 32.1. The zero-order chi connectivity index (χ0) is 16.4. The third kappa shape index (κ3) is 3.23. The van der Waals surface area contributed by atoms with Crippen LogP contribution in [0.2, 0.25) is 0 Å². The average molecular weight is 340 g/mol. The number of ketones is 1. The van der Waals surface area contributed by atoms with Crippen LogP contribution < -0.4 is 0 Å². The van der Waals surface area contributed by atoms with Crippen LogP contribution in [0.4, 0.5) is 0 Å². The Morgan fingerprint density at radius 2 is 1.35 bits per heavy atom. The van der Waals surface area contributed by atoms with Gasteiger partial charge in [-0.25, -0.2) is 4.98 Å². The maximum Gasteiger partial charge on any atom is 0.263 e. The van der Waals surface area contributed by atoms with Crippen molar-refractivity contribution in [2.75, 3.05) is 0 Å². The van der Waals surface area contributed by atoms with E-state index in [1.807, 2.05) is 0 Å². The van der Waals surface area contributed by atoms with Crippen LogP contribution in [0.25, 0.3) is 0 Å². The van der Waals surface area contributed by atoms with Crippen LogP contribution in [0.1, 0.15) is 26.5 Å². The number of carbonyl (C=O) groups is 2. The van der Waals surface area contributed by atoms with Gasteiger partial charge < -0.3 is 0 Å². The molecular weight excluding hydrogens is 328 g/mol. The summed E-state index contributed by atoms with van der Waals surface area (Å²) in [6.45, 7) is 0. The monoisotopic (exact) mass is 340 g/mol. The highest BCUT2D eigenvalue weighted by Crippen LogP contribution is 2.14. The number of hydrogen-bond acceptors (Lipinski definition) is 5. The molecule has 0 aliphatic rings. The number of benzene rings is 2. The van der Waals surface area contributed by atoms with Gasteiger partial charge in [0.25, 0.3) is 5.91 Å². The Morgan fingerprint density at radius 3 is 1.91 bits per heavy atom. The minimum atomic E-state index is -0.317. The fourth-order valence-electron chi connectivity index (χ4n) is 2.12. The summed E-state index contributed by atoms with van der Waals surface area (Å²) in [5, 5.41) is 0. The van der Waals surface area contributed by atoms with Crippen molar-refractivity contribution in [3.63, 3.8) is 0 Å². The molecule has 0 radical (unpaired) electrons. The normalized spacial score (nSPS) is 10.5. The molecule has 0 saturated heterocycles. The van der Waals surface area contributed by atoms with Gasteiger partial charge in [0.05, 0.1) is 0 Å². The predicted molar refractivity (Wildman–Crippen MR) is 92.8 cm³/mol. The van der Waals surface area contributed by atoms with Crippen LogP contribution >= 0.6 is 25.3 Å². The van der Waals surface area contributed by atoms with E-state index in [9.17, 15) is 9.59 Å². The molecule has 0 aliphatic carbocycles. The first-order chi connectivity index (χ1) is 11.1. The van der Waals surface area contributed by atoms with Crippen LogP contribution in [-0.2, 0) is 0 Å². The van der Waals surface area contributed by atoms with Crippen LogP contribution in [-0.4, -0.2) is 21.2 Å². The van der Waals surface area contributed by atoms with Crippen LogP contribution in [0.5, 0.6) is 0 Å². The second-order valence-electron chi connectivity index (χ2n) is 4.85. The molecule has 0 N–H and O–H groups in total. The maximum absolute atomic E-state index is 12.6. The second-order valence-corrected chi connectivity index (χ2v) is 5.88. The molecule has 3 aromatic rings. The van der Waals surface area contributed by atoms with E-state index in [0.717, 1.165) is 9.79 Å². The Morgan fingerprint density at radius 1 is 0.826 bits per heavy atom.